The molecule has 110 valence electrons. The second-order valence-electron chi connectivity index (χ2n) is 6.22. The maximum absolute atomic E-state index is 13.5. The molecule has 1 aromatic rings. The van der Waals surface area contributed by atoms with Gasteiger partial charge >= 0.3 is 7.12 Å². The Morgan fingerprint density at radius 2 is 1.55 bits per heavy atom. The van der Waals surface area contributed by atoms with Crippen molar-refractivity contribution in [1.82, 2.24) is 0 Å². The number of hydrogen-bond donors (Lipinski definition) is 0. The molecule has 1 aliphatic heterocycles. The van der Waals surface area contributed by atoms with E-state index in [1.165, 1.54) is 6.07 Å². The van der Waals surface area contributed by atoms with Crippen molar-refractivity contribution in [2.45, 2.75) is 51.7 Å². The van der Waals surface area contributed by atoms with Gasteiger partial charge in [-0.25, -0.2) is 13.2 Å². The van der Waals surface area contributed by atoms with Gasteiger partial charge in [0.25, 0.3) is 5.92 Å². The summed E-state index contributed by atoms with van der Waals surface area (Å²) >= 11 is 0. The van der Waals surface area contributed by atoms with Crippen molar-refractivity contribution in [2.75, 3.05) is 0 Å². The van der Waals surface area contributed by atoms with Gasteiger partial charge in [-0.1, -0.05) is 12.1 Å². The smallest absolute Gasteiger partial charge is 0.399 e. The van der Waals surface area contributed by atoms with E-state index < -0.39 is 35.6 Å². The zero-order valence-corrected chi connectivity index (χ0v) is 12.3. The summed E-state index contributed by atoms with van der Waals surface area (Å²) in [5.41, 5.74) is -1.40. The van der Waals surface area contributed by atoms with E-state index in [2.05, 4.69) is 0 Å². The molecular weight excluding hydrogens is 268 g/mol. The Morgan fingerprint density at radius 3 is 2.00 bits per heavy atom. The summed E-state index contributed by atoms with van der Waals surface area (Å²) in [6.07, 6.45) is 0. The van der Waals surface area contributed by atoms with Crippen LogP contribution < -0.4 is 5.46 Å². The summed E-state index contributed by atoms with van der Waals surface area (Å²) in [6, 6.07) is 3.54. The molecule has 2 rings (SSSR count). The summed E-state index contributed by atoms with van der Waals surface area (Å²) in [7, 11) is -0.776. The average molecular weight is 286 g/mol. The Morgan fingerprint density at radius 1 is 1.05 bits per heavy atom. The minimum atomic E-state index is -3.25. The first-order valence-corrected chi connectivity index (χ1v) is 6.47. The van der Waals surface area contributed by atoms with Crippen LogP contribution in [0.1, 0.15) is 40.2 Å². The topological polar surface area (TPSA) is 18.5 Å². The lowest BCUT2D eigenvalue weighted by atomic mass is 9.78. The normalized spacial score (nSPS) is 21.3. The Kier molecular flexibility index (Phi) is 3.46. The van der Waals surface area contributed by atoms with Gasteiger partial charge in [0.1, 0.15) is 5.82 Å². The van der Waals surface area contributed by atoms with Gasteiger partial charge in [0, 0.05) is 6.92 Å². The standard InChI is InChI=1S/C14H18BF3O2/c1-12(2)13(3,4)20-15(19-12)9-6-7-11(16)10(8-9)14(5,17)18/h6-8H,1-5H3. The van der Waals surface area contributed by atoms with Crippen LogP contribution in [0.25, 0.3) is 0 Å². The van der Waals surface area contributed by atoms with Crippen LogP contribution in [-0.4, -0.2) is 18.3 Å². The second kappa shape index (κ2) is 4.50. The molecule has 20 heavy (non-hydrogen) atoms. The van der Waals surface area contributed by atoms with Gasteiger partial charge in [0.15, 0.2) is 0 Å². The van der Waals surface area contributed by atoms with Gasteiger partial charge in [0.2, 0.25) is 0 Å². The second-order valence-corrected chi connectivity index (χ2v) is 6.22. The Balaban J connectivity index is 2.37. The highest BCUT2D eigenvalue weighted by molar-refractivity contribution is 6.62. The highest BCUT2D eigenvalue weighted by atomic mass is 19.3. The van der Waals surface area contributed by atoms with E-state index in [1.54, 1.807) is 0 Å². The largest absolute Gasteiger partial charge is 0.494 e. The summed E-state index contributed by atoms with van der Waals surface area (Å²) in [5.74, 6) is -4.18. The third kappa shape index (κ3) is 2.59. The molecule has 0 bridgehead atoms. The highest BCUT2D eigenvalue weighted by Gasteiger charge is 2.52. The number of rotatable bonds is 2. The summed E-state index contributed by atoms with van der Waals surface area (Å²) in [6.45, 7) is 8.13. The van der Waals surface area contributed by atoms with Crippen molar-refractivity contribution in [3.05, 3.63) is 29.6 Å². The quantitative estimate of drug-likeness (QED) is 0.777. The maximum atomic E-state index is 13.5. The fourth-order valence-corrected chi connectivity index (χ4v) is 2.01. The molecule has 6 heteroatoms. The Hall–Kier alpha value is -1.01. The molecule has 0 amide bonds. The van der Waals surface area contributed by atoms with Crippen LogP contribution in [-0.2, 0) is 15.2 Å². The summed E-state index contributed by atoms with van der Waals surface area (Å²) in [5, 5.41) is 0. The van der Waals surface area contributed by atoms with E-state index in [-0.39, 0.29) is 0 Å². The fourth-order valence-electron chi connectivity index (χ4n) is 2.01. The monoisotopic (exact) mass is 286 g/mol. The van der Waals surface area contributed by atoms with Gasteiger partial charge in [-0.2, -0.15) is 0 Å². The molecule has 1 saturated heterocycles. The first-order chi connectivity index (χ1) is 8.94. The number of halogens is 3. The molecule has 0 aromatic heterocycles. The third-order valence-corrected chi connectivity index (χ3v) is 3.99. The Bertz CT molecular complexity index is 508. The molecule has 1 aromatic carbocycles. The Labute approximate surface area is 117 Å². The fraction of sp³-hybridized carbons (Fsp3) is 0.571. The zero-order valence-electron chi connectivity index (χ0n) is 12.3. The lowest BCUT2D eigenvalue weighted by Crippen LogP contribution is -2.41. The molecule has 0 radical (unpaired) electrons. The van der Waals surface area contributed by atoms with Crippen molar-refractivity contribution >= 4 is 12.6 Å². The average Bonchev–Trinajstić information content (AvgIpc) is 2.47. The van der Waals surface area contributed by atoms with E-state index in [0.29, 0.717) is 12.4 Å². The molecule has 0 atom stereocenters. The van der Waals surface area contributed by atoms with E-state index in [0.717, 1.165) is 12.1 Å². The zero-order chi connectivity index (χ0) is 15.3. The van der Waals surface area contributed by atoms with E-state index in [9.17, 15) is 13.2 Å². The van der Waals surface area contributed by atoms with Crippen LogP contribution in [0.5, 0.6) is 0 Å². The third-order valence-electron chi connectivity index (χ3n) is 3.99. The SMILES string of the molecule is CC(F)(F)c1cc(B2OC(C)(C)C(C)(C)O2)ccc1F. The van der Waals surface area contributed by atoms with Gasteiger partial charge in [-0.05, 0) is 39.2 Å². The van der Waals surface area contributed by atoms with Crippen molar-refractivity contribution < 1.29 is 22.5 Å². The summed E-state index contributed by atoms with van der Waals surface area (Å²) < 4.78 is 51.8. The minimum absolute atomic E-state index is 0.390. The number of benzene rings is 1. The van der Waals surface area contributed by atoms with Crippen LogP contribution in [0.3, 0.4) is 0 Å². The van der Waals surface area contributed by atoms with Crippen molar-refractivity contribution in [2.24, 2.45) is 0 Å². The minimum Gasteiger partial charge on any atom is -0.399 e. The lowest BCUT2D eigenvalue weighted by molar-refractivity contribution is 0.00578. The molecule has 1 fully saturated rings. The van der Waals surface area contributed by atoms with Crippen LogP contribution in [0.15, 0.2) is 18.2 Å². The molecule has 0 saturated carbocycles. The molecule has 2 nitrogen and oxygen atoms in total. The van der Waals surface area contributed by atoms with Gasteiger partial charge in [0.05, 0.1) is 16.8 Å². The molecule has 1 aliphatic rings. The number of hydrogen-bond acceptors (Lipinski definition) is 2. The van der Waals surface area contributed by atoms with Crippen LogP contribution >= 0.6 is 0 Å². The van der Waals surface area contributed by atoms with Crippen molar-refractivity contribution in [1.29, 1.82) is 0 Å². The number of alkyl halides is 2. The van der Waals surface area contributed by atoms with Gasteiger partial charge in [-0.15, -0.1) is 0 Å². The first kappa shape index (κ1) is 15.4. The van der Waals surface area contributed by atoms with Crippen molar-refractivity contribution in [3.8, 4) is 0 Å². The van der Waals surface area contributed by atoms with Crippen LogP contribution in [0, 0.1) is 5.82 Å². The lowest BCUT2D eigenvalue weighted by Gasteiger charge is -2.32. The van der Waals surface area contributed by atoms with Crippen LogP contribution in [0.2, 0.25) is 0 Å². The highest BCUT2D eigenvalue weighted by Crippen LogP contribution is 2.37. The predicted octanol–water partition coefficient (Wildman–Crippen LogP) is 3.24. The van der Waals surface area contributed by atoms with E-state index >= 15 is 0 Å². The molecule has 0 spiro atoms. The summed E-state index contributed by atoms with van der Waals surface area (Å²) in [4.78, 5) is 0. The van der Waals surface area contributed by atoms with E-state index in [1.807, 2.05) is 27.7 Å². The molecule has 1 heterocycles. The van der Waals surface area contributed by atoms with Gasteiger partial charge < -0.3 is 9.31 Å². The molecule has 0 N–H and O–H groups in total. The first-order valence-electron chi connectivity index (χ1n) is 6.47. The molecular formula is C14H18BF3O2. The van der Waals surface area contributed by atoms with Gasteiger partial charge in [-0.3, -0.25) is 0 Å². The molecule has 0 aliphatic carbocycles. The predicted molar refractivity (Wildman–Crippen MR) is 71.7 cm³/mol. The molecule has 0 unspecified atom stereocenters. The van der Waals surface area contributed by atoms with Crippen LogP contribution in [0.4, 0.5) is 13.2 Å². The van der Waals surface area contributed by atoms with E-state index in [4.69, 9.17) is 9.31 Å². The maximum Gasteiger partial charge on any atom is 0.494 e. The van der Waals surface area contributed by atoms with Crippen molar-refractivity contribution in [3.63, 3.8) is 0 Å².